The summed E-state index contributed by atoms with van der Waals surface area (Å²) in [6, 6.07) is 2.30. The molecule has 0 saturated carbocycles. The van der Waals surface area contributed by atoms with Crippen molar-refractivity contribution in [2.24, 2.45) is 0 Å². The lowest BCUT2D eigenvalue weighted by molar-refractivity contribution is -0.267. The highest BCUT2D eigenvalue weighted by atomic mass is 32.1. The molecule has 1 heterocycles. The predicted octanol–water partition coefficient (Wildman–Crippen LogP) is 2.59. The number of thiazole rings is 1. The van der Waals surface area contributed by atoms with E-state index in [4.69, 9.17) is 0 Å². The summed E-state index contributed by atoms with van der Waals surface area (Å²) < 4.78 is 90.5. The van der Waals surface area contributed by atoms with Crippen LogP contribution in [0.3, 0.4) is 0 Å². The molecule has 2 aromatic rings. The van der Waals surface area contributed by atoms with Crippen molar-refractivity contribution in [3.63, 3.8) is 0 Å². The third-order valence-electron chi connectivity index (χ3n) is 4.36. The Morgan fingerprint density at radius 2 is 1.71 bits per heavy atom. The molecular weight excluding hydrogens is 500 g/mol. The van der Waals surface area contributed by atoms with E-state index in [1.165, 1.54) is 12.2 Å². The Labute approximate surface area is 191 Å². The molecule has 0 fully saturated rings. The van der Waals surface area contributed by atoms with E-state index in [9.17, 15) is 45.8 Å². The Balaban J connectivity index is 2.62. The summed E-state index contributed by atoms with van der Waals surface area (Å²) in [5, 5.41) is 12.7. The number of nitrogens with zero attached hydrogens (tertiary/aromatic N) is 1. The standard InChI is InChI=1S/C18H17F6N3O6S/c1-4-33-12(29)15(31,17(19,20)21)9-5-6-10-11(7-9)34-14(25-10)27-16(13(30)32-3,18(22,23)24)26-8(2)28/h5-7,31H,4H2,1-3H3,(H,25,27)(H,26,28). The lowest BCUT2D eigenvalue weighted by Crippen LogP contribution is -2.69. The molecule has 2 rings (SSSR count). The highest BCUT2D eigenvalue weighted by Gasteiger charge is 2.64. The lowest BCUT2D eigenvalue weighted by atomic mass is 9.93. The number of rotatable bonds is 7. The first-order valence-electron chi connectivity index (χ1n) is 9.13. The zero-order valence-electron chi connectivity index (χ0n) is 17.6. The number of hydrogen-bond donors (Lipinski definition) is 3. The molecule has 2 atom stereocenters. The maximum absolute atomic E-state index is 13.8. The third-order valence-corrected chi connectivity index (χ3v) is 5.30. The Morgan fingerprint density at radius 1 is 1.09 bits per heavy atom. The molecule has 16 heteroatoms. The van der Waals surface area contributed by atoms with Gasteiger partial charge in [0.05, 0.1) is 23.9 Å². The third kappa shape index (κ3) is 4.72. The van der Waals surface area contributed by atoms with Gasteiger partial charge < -0.3 is 25.2 Å². The molecule has 0 radical (unpaired) electrons. The molecule has 188 valence electrons. The molecule has 1 aromatic heterocycles. The summed E-state index contributed by atoms with van der Waals surface area (Å²) >= 11 is 0.349. The molecule has 1 amide bonds. The van der Waals surface area contributed by atoms with Crippen LogP contribution in [0.25, 0.3) is 10.2 Å². The zero-order chi connectivity index (χ0) is 26.1. The average molecular weight is 517 g/mol. The van der Waals surface area contributed by atoms with Crippen LogP contribution in [-0.4, -0.2) is 59.7 Å². The minimum Gasteiger partial charge on any atom is -0.466 e. The number of aromatic nitrogens is 1. The number of amides is 1. The Bertz CT molecular complexity index is 1100. The van der Waals surface area contributed by atoms with Crippen LogP contribution in [0, 0.1) is 0 Å². The van der Waals surface area contributed by atoms with E-state index in [-0.39, 0.29) is 10.2 Å². The van der Waals surface area contributed by atoms with Crippen LogP contribution < -0.4 is 10.6 Å². The minimum absolute atomic E-state index is 0.145. The molecular formula is C18H17F6N3O6S. The highest BCUT2D eigenvalue weighted by Crippen LogP contribution is 2.42. The smallest absolute Gasteiger partial charge is 0.442 e. The van der Waals surface area contributed by atoms with E-state index in [1.807, 2.05) is 0 Å². The van der Waals surface area contributed by atoms with Crippen molar-refractivity contribution in [3.05, 3.63) is 23.8 Å². The van der Waals surface area contributed by atoms with E-state index in [2.05, 4.69) is 14.5 Å². The van der Waals surface area contributed by atoms with Gasteiger partial charge in [0, 0.05) is 12.5 Å². The number of carbonyl (C=O) groups is 3. The zero-order valence-corrected chi connectivity index (χ0v) is 18.4. The normalized spacial score (nSPS) is 15.7. The number of benzene rings is 1. The van der Waals surface area contributed by atoms with Gasteiger partial charge in [0.25, 0.3) is 5.60 Å². The number of fused-ring (bicyclic) bond motifs is 1. The Kier molecular flexibility index (Phi) is 7.37. The summed E-state index contributed by atoms with van der Waals surface area (Å²) in [5.41, 5.74) is -8.94. The van der Waals surface area contributed by atoms with Gasteiger partial charge in [-0.05, 0) is 19.1 Å². The molecule has 34 heavy (non-hydrogen) atoms. The molecule has 9 nitrogen and oxygen atoms in total. The molecule has 0 aliphatic heterocycles. The van der Waals surface area contributed by atoms with Crippen molar-refractivity contribution in [1.82, 2.24) is 10.3 Å². The van der Waals surface area contributed by atoms with Gasteiger partial charge in [-0.25, -0.2) is 14.6 Å². The van der Waals surface area contributed by atoms with Crippen molar-refractivity contribution < 1.29 is 55.3 Å². The van der Waals surface area contributed by atoms with Gasteiger partial charge in [0.2, 0.25) is 5.91 Å². The number of esters is 2. The van der Waals surface area contributed by atoms with Crippen LogP contribution in [-0.2, 0) is 29.5 Å². The molecule has 0 spiro atoms. The quantitative estimate of drug-likeness (QED) is 0.291. The Hall–Kier alpha value is -3.14. The molecule has 2 unspecified atom stereocenters. The van der Waals surface area contributed by atoms with E-state index < -0.39 is 58.8 Å². The van der Waals surface area contributed by atoms with E-state index >= 15 is 0 Å². The van der Waals surface area contributed by atoms with Crippen LogP contribution in [0.2, 0.25) is 0 Å². The van der Waals surface area contributed by atoms with Gasteiger partial charge in [0.1, 0.15) is 0 Å². The predicted molar refractivity (Wildman–Crippen MR) is 104 cm³/mol. The fourth-order valence-corrected chi connectivity index (χ4v) is 3.76. The largest absolute Gasteiger partial charge is 0.466 e. The summed E-state index contributed by atoms with van der Waals surface area (Å²) in [6.07, 6.45) is -10.9. The van der Waals surface area contributed by atoms with Gasteiger partial charge in [-0.15, -0.1) is 0 Å². The maximum Gasteiger partial charge on any atom is 0.442 e. The summed E-state index contributed by atoms with van der Waals surface area (Å²) in [7, 11) is 0.643. The van der Waals surface area contributed by atoms with Gasteiger partial charge in [-0.2, -0.15) is 26.3 Å². The minimum atomic E-state index is -5.50. The van der Waals surface area contributed by atoms with Crippen LogP contribution in [0.5, 0.6) is 0 Å². The van der Waals surface area contributed by atoms with Crippen LogP contribution >= 0.6 is 11.3 Å². The van der Waals surface area contributed by atoms with Crippen molar-refractivity contribution in [1.29, 1.82) is 0 Å². The molecule has 0 bridgehead atoms. The monoisotopic (exact) mass is 517 g/mol. The molecule has 0 aliphatic carbocycles. The van der Waals surface area contributed by atoms with Crippen molar-refractivity contribution in [3.8, 4) is 0 Å². The number of nitrogens with one attached hydrogen (secondary N) is 2. The van der Waals surface area contributed by atoms with Gasteiger partial charge in [0.15, 0.2) is 5.13 Å². The number of ether oxygens (including phenoxy) is 2. The number of carbonyl (C=O) groups excluding carboxylic acids is 3. The second kappa shape index (κ2) is 9.25. The van der Waals surface area contributed by atoms with Gasteiger partial charge in [-0.3, -0.25) is 4.79 Å². The first kappa shape index (κ1) is 27.1. The van der Waals surface area contributed by atoms with E-state index in [0.717, 1.165) is 6.07 Å². The van der Waals surface area contributed by atoms with E-state index in [1.54, 1.807) is 5.32 Å². The first-order valence-corrected chi connectivity index (χ1v) is 9.94. The van der Waals surface area contributed by atoms with E-state index in [0.29, 0.717) is 37.5 Å². The number of methoxy groups -OCH3 is 1. The topological polar surface area (TPSA) is 127 Å². The second-order valence-electron chi connectivity index (χ2n) is 6.68. The fraction of sp³-hybridized carbons (Fsp3) is 0.444. The summed E-state index contributed by atoms with van der Waals surface area (Å²) in [5.74, 6) is -5.20. The fourth-order valence-electron chi connectivity index (χ4n) is 2.80. The number of hydrogen-bond acceptors (Lipinski definition) is 9. The van der Waals surface area contributed by atoms with Crippen molar-refractivity contribution >= 4 is 44.5 Å². The van der Waals surface area contributed by atoms with Crippen LogP contribution in [0.4, 0.5) is 31.5 Å². The molecule has 0 saturated heterocycles. The molecule has 0 aliphatic rings. The Morgan fingerprint density at radius 3 is 2.18 bits per heavy atom. The number of halogens is 6. The number of alkyl halides is 6. The summed E-state index contributed by atoms with van der Waals surface area (Å²) in [4.78, 5) is 39.1. The van der Waals surface area contributed by atoms with Crippen LogP contribution in [0.1, 0.15) is 19.4 Å². The molecule has 1 aromatic carbocycles. The molecule has 3 N–H and O–H groups in total. The van der Waals surface area contributed by atoms with Crippen LogP contribution in [0.15, 0.2) is 18.2 Å². The first-order chi connectivity index (χ1) is 15.5. The lowest BCUT2D eigenvalue weighted by Gasteiger charge is -2.33. The van der Waals surface area contributed by atoms with Gasteiger partial charge in [-0.1, -0.05) is 17.4 Å². The maximum atomic E-state index is 13.8. The van der Waals surface area contributed by atoms with Crippen molar-refractivity contribution in [2.45, 2.75) is 37.5 Å². The number of aliphatic hydroxyl groups is 1. The number of anilines is 1. The second-order valence-corrected chi connectivity index (χ2v) is 7.71. The SMILES string of the molecule is CCOC(=O)C(O)(c1ccc2nc(NC(NC(C)=O)(C(=O)OC)C(F)(F)F)sc2c1)C(F)(F)F. The summed E-state index contributed by atoms with van der Waals surface area (Å²) in [6.45, 7) is 1.47. The van der Waals surface area contributed by atoms with Gasteiger partial charge >= 0.3 is 30.0 Å². The average Bonchev–Trinajstić information content (AvgIpc) is 3.11. The van der Waals surface area contributed by atoms with Crippen molar-refractivity contribution in [2.75, 3.05) is 19.0 Å². The highest BCUT2D eigenvalue weighted by molar-refractivity contribution is 7.22.